The van der Waals surface area contributed by atoms with Crippen molar-refractivity contribution >= 4 is 29.3 Å². The molecule has 0 radical (unpaired) electrons. The molecular formula is C20H18ClF6N5O3. The van der Waals surface area contributed by atoms with Gasteiger partial charge in [0.25, 0.3) is 17.7 Å². The normalized spacial score (nSPS) is 13.5. The monoisotopic (exact) mass is 525 g/mol. The van der Waals surface area contributed by atoms with Crippen molar-refractivity contribution in [2.75, 3.05) is 7.05 Å². The lowest BCUT2D eigenvalue weighted by Crippen LogP contribution is -2.45. The van der Waals surface area contributed by atoms with Crippen LogP contribution >= 0.6 is 11.6 Å². The minimum atomic E-state index is -5.14. The number of carbonyl (C=O) groups excluding carboxylic acids is 3. The molecular weight excluding hydrogens is 508 g/mol. The Bertz CT molecular complexity index is 1090. The molecule has 2 rings (SSSR count). The van der Waals surface area contributed by atoms with Gasteiger partial charge in [-0.25, -0.2) is 4.98 Å². The first-order valence-corrected chi connectivity index (χ1v) is 10.1. The summed E-state index contributed by atoms with van der Waals surface area (Å²) in [5.41, 5.74) is -0.603. The van der Waals surface area contributed by atoms with Gasteiger partial charge < -0.3 is 4.90 Å². The van der Waals surface area contributed by atoms with Gasteiger partial charge >= 0.3 is 12.4 Å². The molecule has 0 aliphatic carbocycles. The standard InChI is InChI=1S/C20H18ClF6N5O3/c1-9(21)16(33)30-31-17(34)15-14(28-4-5-29-15)10(2)32(3)18(35)11-6-12(19(22,23)24)8-13(7-11)20(25,26)27/h4-10H,1-3H3,(H,30,33)(H,31,34). The molecule has 2 atom stereocenters. The van der Waals surface area contributed by atoms with Crippen LogP contribution in [-0.4, -0.2) is 45.0 Å². The molecule has 1 aromatic heterocycles. The molecule has 0 bridgehead atoms. The van der Waals surface area contributed by atoms with Crippen molar-refractivity contribution in [1.82, 2.24) is 25.7 Å². The van der Waals surface area contributed by atoms with Gasteiger partial charge in [0.15, 0.2) is 5.69 Å². The predicted molar refractivity (Wildman–Crippen MR) is 110 cm³/mol. The number of nitrogens with one attached hydrogen (secondary N) is 2. The summed E-state index contributed by atoms with van der Waals surface area (Å²) in [6, 6.07) is -0.632. The number of amides is 3. The largest absolute Gasteiger partial charge is 0.416 e. The number of hydrogen-bond donors (Lipinski definition) is 2. The molecule has 1 heterocycles. The van der Waals surface area contributed by atoms with Crippen LogP contribution in [0.15, 0.2) is 30.6 Å². The van der Waals surface area contributed by atoms with Gasteiger partial charge in [-0.05, 0) is 32.0 Å². The highest BCUT2D eigenvalue weighted by Crippen LogP contribution is 2.37. The van der Waals surface area contributed by atoms with E-state index in [0.29, 0.717) is 12.1 Å². The smallest absolute Gasteiger partial charge is 0.333 e. The molecule has 35 heavy (non-hydrogen) atoms. The molecule has 0 aliphatic heterocycles. The van der Waals surface area contributed by atoms with E-state index in [2.05, 4.69) is 9.97 Å². The van der Waals surface area contributed by atoms with Crippen LogP contribution in [0, 0.1) is 0 Å². The van der Waals surface area contributed by atoms with Gasteiger partial charge in [-0.15, -0.1) is 11.6 Å². The van der Waals surface area contributed by atoms with Gasteiger partial charge in [0.05, 0.1) is 22.9 Å². The second-order valence-corrected chi connectivity index (χ2v) is 7.89. The van der Waals surface area contributed by atoms with Crippen molar-refractivity contribution in [3.63, 3.8) is 0 Å². The number of nitrogens with zero attached hydrogens (tertiary/aromatic N) is 3. The topological polar surface area (TPSA) is 104 Å². The van der Waals surface area contributed by atoms with Crippen LogP contribution in [0.4, 0.5) is 26.3 Å². The fourth-order valence-electron chi connectivity index (χ4n) is 2.75. The first kappa shape index (κ1) is 27.8. The fourth-order valence-corrected chi connectivity index (χ4v) is 2.80. The fraction of sp³-hybridized carbons (Fsp3) is 0.350. The summed E-state index contributed by atoms with van der Waals surface area (Å²) >= 11 is 5.58. The van der Waals surface area contributed by atoms with E-state index < -0.39 is 58.2 Å². The predicted octanol–water partition coefficient (Wildman–Crippen LogP) is 3.74. The van der Waals surface area contributed by atoms with E-state index in [1.54, 1.807) is 0 Å². The van der Waals surface area contributed by atoms with Gasteiger partial charge in [-0.2, -0.15) is 26.3 Å². The molecule has 1 aromatic carbocycles. The Hall–Kier alpha value is -3.42. The lowest BCUT2D eigenvalue weighted by molar-refractivity contribution is -0.143. The molecule has 190 valence electrons. The summed E-state index contributed by atoms with van der Waals surface area (Å²) < 4.78 is 78.9. The zero-order valence-corrected chi connectivity index (χ0v) is 19.0. The van der Waals surface area contributed by atoms with Crippen LogP contribution in [-0.2, 0) is 17.1 Å². The van der Waals surface area contributed by atoms with E-state index in [1.807, 2.05) is 10.9 Å². The van der Waals surface area contributed by atoms with Gasteiger partial charge in [0, 0.05) is 25.0 Å². The zero-order valence-electron chi connectivity index (χ0n) is 18.3. The van der Waals surface area contributed by atoms with Crippen molar-refractivity contribution in [2.45, 2.75) is 37.6 Å². The second-order valence-electron chi connectivity index (χ2n) is 7.24. The SMILES string of the molecule is CC(Cl)C(=O)NNC(=O)c1nccnc1C(C)N(C)C(=O)c1cc(C(F)(F)F)cc(C(F)(F)F)c1. The molecule has 0 spiro atoms. The molecule has 2 N–H and O–H groups in total. The summed E-state index contributed by atoms with van der Waals surface area (Å²) in [5.74, 6) is -2.89. The Labute approximate surface area is 199 Å². The summed E-state index contributed by atoms with van der Waals surface area (Å²) in [6.07, 6.45) is -7.99. The summed E-state index contributed by atoms with van der Waals surface area (Å²) in [4.78, 5) is 45.4. The van der Waals surface area contributed by atoms with Crippen LogP contribution < -0.4 is 10.9 Å². The third-order valence-electron chi connectivity index (χ3n) is 4.73. The number of rotatable bonds is 5. The number of benzene rings is 1. The van der Waals surface area contributed by atoms with Gasteiger partial charge in [0.2, 0.25) is 0 Å². The van der Waals surface area contributed by atoms with E-state index in [1.165, 1.54) is 13.8 Å². The number of halogens is 7. The third kappa shape index (κ3) is 6.81. The van der Waals surface area contributed by atoms with E-state index in [-0.39, 0.29) is 17.5 Å². The Morgan fingerprint density at radius 3 is 1.91 bits per heavy atom. The number of alkyl halides is 7. The highest BCUT2D eigenvalue weighted by Gasteiger charge is 2.38. The lowest BCUT2D eigenvalue weighted by atomic mass is 10.0. The Balaban J connectivity index is 2.39. The maximum Gasteiger partial charge on any atom is 0.416 e. The first-order valence-electron chi connectivity index (χ1n) is 9.65. The quantitative estimate of drug-likeness (QED) is 0.352. The molecule has 2 unspecified atom stereocenters. The second kappa shape index (κ2) is 10.5. The molecule has 0 saturated carbocycles. The van der Waals surface area contributed by atoms with Crippen LogP contribution in [0.5, 0.6) is 0 Å². The van der Waals surface area contributed by atoms with Gasteiger partial charge in [0.1, 0.15) is 5.38 Å². The number of hydrogen-bond acceptors (Lipinski definition) is 5. The molecule has 2 aromatic rings. The number of hydrazine groups is 1. The summed E-state index contributed by atoms with van der Waals surface area (Å²) in [6.45, 7) is 2.67. The Morgan fingerprint density at radius 2 is 1.43 bits per heavy atom. The summed E-state index contributed by atoms with van der Waals surface area (Å²) in [7, 11) is 1.11. The molecule has 15 heteroatoms. The van der Waals surface area contributed by atoms with E-state index >= 15 is 0 Å². The van der Waals surface area contributed by atoms with Gasteiger partial charge in [-0.1, -0.05) is 0 Å². The van der Waals surface area contributed by atoms with Crippen molar-refractivity contribution < 1.29 is 40.7 Å². The van der Waals surface area contributed by atoms with Gasteiger partial charge in [-0.3, -0.25) is 30.2 Å². The highest BCUT2D eigenvalue weighted by molar-refractivity contribution is 6.30. The van der Waals surface area contributed by atoms with Crippen molar-refractivity contribution in [3.8, 4) is 0 Å². The van der Waals surface area contributed by atoms with Crippen LogP contribution in [0.2, 0.25) is 0 Å². The van der Waals surface area contributed by atoms with Crippen LogP contribution in [0.1, 0.15) is 57.6 Å². The van der Waals surface area contributed by atoms with E-state index in [4.69, 9.17) is 11.6 Å². The van der Waals surface area contributed by atoms with Crippen LogP contribution in [0.25, 0.3) is 0 Å². The molecule has 0 fully saturated rings. The molecule has 0 aliphatic rings. The third-order valence-corrected chi connectivity index (χ3v) is 4.93. The number of aromatic nitrogens is 2. The van der Waals surface area contributed by atoms with E-state index in [0.717, 1.165) is 24.3 Å². The Kier molecular flexibility index (Phi) is 8.31. The number of carbonyl (C=O) groups is 3. The van der Waals surface area contributed by atoms with Crippen LogP contribution in [0.3, 0.4) is 0 Å². The Morgan fingerprint density at radius 1 is 0.914 bits per heavy atom. The minimum Gasteiger partial charge on any atom is -0.333 e. The van der Waals surface area contributed by atoms with Crippen molar-refractivity contribution in [1.29, 1.82) is 0 Å². The lowest BCUT2D eigenvalue weighted by Gasteiger charge is -2.26. The van der Waals surface area contributed by atoms with Crippen molar-refractivity contribution in [3.05, 3.63) is 58.7 Å². The molecule has 0 saturated heterocycles. The average molecular weight is 526 g/mol. The zero-order chi connectivity index (χ0) is 26.7. The first-order chi connectivity index (χ1) is 16.0. The molecule has 3 amide bonds. The summed E-state index contributed by atoms with van der Waals surface area (Å²) in [5, 5.41) is -0.978. The van der Waals surface area contributed by atoms with E-state index in [9.17, 15) is 40.7 Å². The van der Waals surface area contributed by atoms with Crippen molar-refractivity contribution in [2.24, 2.45) is 0 Å². The minimum absolute atomic E-state index is 0.0959. The molecule has 8 nitrogen and oxygen atoms in total. The highest BCUT2D eigenvalue weighted by atomic mass is 35.5. The maximum absolute atomic E-state index is 13.2. The maximum atomic E-state index is 13.2. The average Bonchev–Trinajstić information content (AvgIpc) is 2.79.